The van der Waals surface area contributed by atoms with Crippen LogP contribution in [0.25, 0.3) is 0 Å². The Morgan fingerprint density at radius 3 is 2.73 bits per heavy atom. The Balaban J connectivity index is 1.79. The van der Waals surface area contributed by atoms with Gasteiger partial charge in [0.05, 0.1) is 5.92 Å². The SMILES string of the molecule is Cc1ccnc(C2CN(Cc3ccccc3)CC2C(=O)O)c1. The van der Waals surface area contributed by atoms with Gasteiger partial charge < -0.3 is 5.11 Å². The number of aryl methyl sites for hydroxylation is 1. The first-order valence-electron chi connectivity index (χ1n) is 7.55. The third-order valence-corrected chi connectivity index (χ3v) is 4.28. The molecule has 0 spiro atoms. The quantitative estimate of drug-likeness (QED) is 0.942. The van der Waals surface area contributed by atoms with E-state index < -0.39 is 11.9 Å². The number of carboxylic acids is 1. The van der Waals surface area contributed by atoms with E-state index in [2.05, 4.69) is 22.0 Å². The Morgan fingerprint density at radius 2 is 2.05 bits per heavy atom. The number of nitrogens with zero attached hydrogens (tertiary/aromatic N) is 2. The van der Waals surface area contributed by atoms with Crippen molar-refractivity contribution in [1.82, 2.24) is 9.88 Å². The minimum absolute atomic E-state index is 0.0406. The normalized spacial score (nSPS) is 21.9. The average Bonchev–Trinajstić information content (AvgIpc) is 2.92. The third kappa shape index (κ3) is 3.17. The topological polar surface area (TPSA) is 53.4 Å². The minimum Gasteiger partial charge on any atom is -0.481 e. The fourth-order valence-corrected chi connectivity index (χ4v) is 3.17. The van der Waals surface area contributed by atoms with Gasteiger partial charge in [-0.1, -0.05) is 30.3 Å². The maximum atomic E-state index is 11.6. The van der Waals surface area contributed by atoms with E-state index in [4.69, 9.17) is 0 Å². The highest BCUT2D eigenvalue weighted by Crippen LogP contribution is 2.33. The van der Waals surface area contributed by atoms with Crippen LogP contribution in [0.3, 0.4) is 0 Å². The summed E-state index contributed by atoms with van der Waals surface area (Å²) in [5.74, 6) is -1.16. The molecule has 1 N–H and O–H groups in total. The highest BCUT2D eigenvalue weighted by Gasteiger charge is 2.39. The lowest BCUT2D eigenvalue weighted by molar-refractivity contribution is -0.141. The number of carboxylic acid groups (broad SMARTS) is 1. The molecule has 1 aliphatic rings. The van der Waals surface area contributed by atoms with E-state index in [1.54, 1.807) is 6.20 Å². The molecule has 0 amide bonds. The van der Waals surface area contributed by atoms with E-state index in [1.165, 1.54) is 5.56 Å². The number of rotatable bonds is 4. The predicted molar refractivity (Wildman–Crippen MR) is 84.6 cm³/mol. The molecule has 1 fully saturated rings. The van der Waals surface area contributed by atoms with E-state index in [1.807, 2.05) is 37.3 Å². The van der Waals surface area contributed by atoms with Gasteiger partial charge in [0.2, 0.25) is 0 Å². The predicted octanol–water partition coefficient (Wildman–Crippen LogP) is 2.69. The van der Waals surface area contributed by atoms with Crippen LogP contribution in [0.5, 0.6) is 0 Å². The second kappa shape index (κ2) is 6.28. The molecular formula is C18H20N2O2. The second-order valence-electron chi connectivity index (χ2n) is 5.99. The van der Waals surface area contributed by atoms with Crippen LogP contribution < -0.4 is 0 Å². The highest BCUT2D eigenvalue weighted by atomic mass is 16.4. The summed E-state index contributed by atoms with van der Waals surface area (Å²) in [4.78, 5) is 18.2. The molecule has 2 heterocycles. The summed E-state index contributed by atoms with van der Waals surface area (Å²) in [7, 11) is 0. The van der Waals surface area contributed by atoms with Gasteiger partial charge in [0.15, 0.2) is 0 Å². The van der Waals surface area contributed by atoms with Crippen LogP contribution in [-0.4, -0.2) is 34.0 Å². The van der Waals surface area contributed by atoms with Crippen molar-refractivity contribution >= 4 is 5.97 Å². The van der Waals surface area contributed by atoms with Gasteiger partial charge in [-0.3, -0.25) is 14.7 Å². The van der Waals surface area contributed by atoms with Crippen LogP contribution in [0.2, 0.25) is 0 Å². The van der Waals surface area contributed by atoms with Gasteiger partial charge in [0.25, 0.3) is 0 Å². The van der Waals surface area contributed by atoms with Crippen molar-refractivity contribution in [2.45, 2.75) is 19.4 Å². The monoisotopic (exact) mass is 296 g/mol. The number of pyridine rings is 1. The van der Waals surface area contributed by atoms with Crippen molar-refractivity contribution in [3.63, 3.8) is 0 Å². The summed E-state index contributed by atoms with van der Waals surface area (Å²) in [5.41, 5.74) is 3.23. The molecule has 4 nitrogen and oxygen atoms in total. The molecular weight excluding hydrogens is 276 g/mol. The molecule has 1 aromatic carbocycles. The number of aromatic nitrogens is 1. The molecule has 2 aromatic rings. The average molecular weight is 296 g/mol. The van der Waals surface area contributed by atoms with E-state index in [9.17, 15) is 9.90 Å². The maximum absolute atomic E-state index is 11.6. The first kappa shape index (κ1) is 14.7. The molecule has 1 aromatic heterocycles. The summed E-state index contributed by atoms with van der Waals surface area (Å²) < 4.78 is 0. The van der Waals surface area contributed by atoms with E-state index in [-0.39, 0.29) is 5.92 Å². The van der Waals surface area contributed by atoms with Crippen LogP contribution in [0.1, 0.15) is 22.7 Å². The lowest BCUT2D eigenvalue weighted by Crippen LogP contribution is -2.23. The minimum atomic E-state index is -0.733. The van der Waals surface area contributed by atoms with Crippen LogP contribution in [0.4, 0.5) is 0 Å². The van der Waals surface area contributed by atoms with E-state index >= 15 is 0 Å². The standard InChI is InChI=1S/C18H20N2O2/c1-13-7-8-19-17(9-13)15-11-20(12-16(15)18(21)22)10-14-5-3-2-4-6-14/h2-9,15-16H,10-12H2,1H3,(H,21,22). The van der Waals surface area contributed by atoms with Crippen molar-refractivity contribution in [3.05, 3.63) is 65.5 Å². The third-order valence-electron chi connectivity index (χ3n) is 4.28. The lowest BCUT2D eigenvalue weighted by Gasteiger charge is -2.16. The molecule has 0 saturated carbocycles. The van der Waals surface area contributed by atoms with Gasteiger partial charge in [-0.2, -0.15) is 0 Å². The van der Waals surface area contributed by atoms with Crippen LogP contribution in [-0.2, 0) is 11.3 Å². The molecule has 1 saturated heterocycles. The zero-order chi connectivity index (χ0) is 15.5. The van der Waals surface area contributed by atoms with Crippen molar-refractivity contribution < 1.29 is 9.90 Å². The number of carbonyl (C=O) groups is 1. The number of benzene rings is 1. The summed E-state index contributed by atoms with van der Waals surface area (Å²) in [5, 5.41) is 9.54. The van der Waals surface area contributed by atoms with E-state index in [0.29, 0.717) is 6.54 Å². The van der Waals surface area contributed by atoms with Crippen molar-refractivity contribution in [2.24, 2.45) is 5.92 Å². The van der Waals surface area contributed by atoms with Crippen LogP contribution in [0, 0.1) is 12.8 Å². The molecule has 0 radical (unpaired) electrons. The van der Waals surface area contributed by atoms with Gasteiger partial charge in [-0.15, -0.1) is 0 Å². The molecule has 0 aliphatic carbocycles. The molecule has 2 unspecified atom stereocenters. The smallest absolute Gasteiger partial charge is 0.308 e. The van der Waals surface area contributed by atoms with Crippen molar-refractivity contribution in [1.29, 1.82) is 0 Å². The number of hydrogen-bond acceptors (Lipinski definition) is 3. The Bertz CT molecular complexity index is 657. The fraction of sp³-hybridized carbons (Fsp3) is 0.333. The highest BCUT2D eigenvalue weighted by molar-refractivity contribution is 5.72. The van der Waals surface area contributed by atoms with Gasteiger partial charge in [-0.25, -0.2) is 0 Å². The summed E-state index contributed by atoms with van der Waals surface area (Å²) in [6, 6.07) is 14.1. The first-order chi connectivity index (χ1) is 10.6. The van der Waals surface area contributed by atoms with Crippen molar-refractivity contribution in [2.75, 3.05) is 13.1 Å². The Labute approximate surface area is 130 Å². The Hall–Kier alpha value is -2.20. The molecule has 4 heteroatoms. The zero-order valence-corrected chi connectivity index (χ0v) is 12.6. The second-order valence-corrected chi connectivity index (χ2v) is 5.99. The van der Waals surface area contributed by atoms with Crippen LogP contribution >= 0.6 is 0 Å². The molecule has 0 bridgehead atoms. The molecule has 2 atom stereocenters. The largest absolute Gasteiger partial charge is 0.481 e. The van der Waals surface area contributed by atoms with Crippen molar-refractivity contribution in [3.8, 4) is 0 Å². The number of likely N-dealkylation sites (tertiary alicyclic amines) is 1. The fourth-order valence-electron chi connectivity index (χ4n) is 3.17. The summed E-state index contributed by atoms with van der Waals surface area (Å²) in [6.45, 7) is 4.11. The van der Waals surface area contributed by atoms with Crippen LogP contribution in [0.15, 0.2) is 48.7 Å². The zero-order valence-electron chi connectivity index (χ0n) is 12.6. The molecule has 22 heavy (non-hydrogen) atoms. The van der Waals surface area contributed by atoms with Gasteiger partial charge in [0, 0.05) is 37.4 Å². The van der Waals surface area contributed by atoms with E-state index in [0.717, 1.165) is 24.3 Å². The summed E-state index contributed by atoms with van der Waals surface area (Å²) in [6.07, 6.45) is 1.77. The number of hydrogen-bond donors (Lipinski definition) is 1. The van der Waals surface area contributed by atoms with Gasteiger partial charge in [0.1, 0.15) is 0 Å². The lowest BCUT2D eigenvalue weighted by atomic mass is 9.92. The Kier molecular flexibility index (Phi) is 4.20. The summed E-state index contributed by atoms with van der Waals surface area (Å²) >= 11 is 0. The maximum Gasteiger partial charge on any atom is 0.308 e. The first-order valence-corrected chi connectivity index (χ1v) is 7.55. The molecule has 1 aliphatic heterocycles. The van der Waals surface area contributed by atoms with Gasteiger partial charge in [-0.05, 0) is 30.2 Å². The Morgan fingerprint density at radius 1 is 1.27 bits per heavy atom. The molecule has 3 rings (SSSR count). The number of aliphatic carboxylic acids is 1. The molecule has 114 valence electrons. The van der Waals surface area contributed by atoms with Gasteiger partial charge >= 0.3 is 5.97 Å².